The summed E-state index contributed by atoms with van der Waals surface area (Å²) in [6, 6.07) is 0. The van der Waals surface area contributed by atoms with Crippen molar-refractivity contribution in [2.75, 3.05) is 0 Å². The molecule has 2 fully saturated rings. The molecule has 2 saturated carbocycles. The lowest BCUT2D eigenvalue weighted by Crippen LogP contribution is -2.40. The Kier molecular flexibility index (Phi) is 1.35. The first kappa shape index (κ1) is 5.25. The number of fused-ring (bicyclic) bond motifs is 3. The van der Waals surface area contributed by atoms with E-state index in [9.17, 15) is 12.3 Å². The first-order chi connectivity index (χ1) is 23.8. The highest BCUT2D eigenvalue weighted by molar-refractivity contribution is 5.70. The molecular weight excluding hydrogens is 352 g/mol. The molecule has 0 amide bonds. The third-order valence-electron chi connectivity index (χ3n) is 4.09. The first-order valence-corrected chi connectivity index (χ1v) is 7.94. The van der Waals surface area contributed by atoms with Gasteiger partial charge in [0.2, 0.25) is 0 Å². The average Bonchev–Trinajstić information content (AvgIpc) is 3.40. The third-order valence-corrected chi connectivity index (χ3v) is 4.09. The third kappa shape index (κ3) is 3.15. The van der Waals surface area contributed by atoms with Gasteiger partial charge in [0.05, 0.1) is 2.74 Å². The maximum absolute atomic E-state index is 14.0. The monoisotopic (exact) mass is 413 g/mol. The fraction of sp³-hybridized carbons (Fsp3) is 0.773. The topological polar surface area (TPSA) is 72.7 Å². The van der Waals surface area contributed by atoms with Crippen molar-refractivity contribution in [1.82, 2.24) is 19.1 Å². The number of aromatic amines is 1. The molecule has 2 atom stereocenters. The summed E-state index contributed by atoms with van der Waals surface area (Å²) in [6.07, 6.45) is -27.4. The predicted molar refractivity (Wildman–Crippen MR) is 112 cm³/mol. The molecule has 1 N–H and O–H groups in total. The minimum atomic E-state index is -4.38. The van der Waals surface area contributed by atoms with E-state index in [0.29, 0.717) is 6.92 Å². The Morgan fingerprint density at radius 2 is 2.04 bits per heavy atom. The van der Waals surface area contributed by atoms with Gasteiger partial charge in [0.15, 0.2) is 5.65 Å². The van der Waals surface area contributed by atoms with Crippen molar-refractivity contribution in [2.45, 2.75) is 90.6 Å². The van der Waals surface area contributed by atoms with Crippen LogP contribution < -0.4 is 11.2 Å². The van der Waals surface area contributed by atoms with Crippen molar-refractivity contribution in [3.8, 4) is 0 Å². The summed E-state index contributed by atoms with van der Waals surface area (Å²) in [5, 5.41) is 0. The summed E-state index contributed by atoms with van der Waals surface area (Å²) in [5.41, 5.74) is -10.9. The zero-order chi connectivity index (χ0) is 43.7. The second-order valence-electron chi connectivity index (χ2n) is 6.03. The van der Waals surface area contributed by atoms with Crippen molar-refractivity contribution in [3.63, 3.8) is 0 Å². The van der Waals surface area contributed by atoms with Crippen LogP contribution in [-0.2, 0) is 18.4 Å². The molecule has 2 aliphatic carbocycles. The number of nitrogens with zero attached hydrogens (tertiary/aromatic N) is 3. The van der Waals surface area contributed by atoms with E-state index >= 15 is 0 Å². The van der Waals surface area contributed by atoms with E-state index in [2.05, 4.69) is 4.98 Å². The molecule has 4 rings (SSSR count). The highest BCUT2D eigenvalue weighted by Gasteiger charge is 2.43. The highest BCUT2D eigenvalue weighted by Crippen LogP contribution is 2.50. The number of rotatable bonds is 5. The maximum atomic E-state index is 14.0. The zero-order valence-electron chi connectivity index (χ0n) is 41.4. The van der Waals surface area contributed by atoms with Gasteiger partial charge in [-0.15, -0.1) is 0 Å². The van der Waals surface area contributed by atoms with Crippen LogP contribution in [0.25, 0.3) is 11.2 Å². The summed E-state index contributed by atoms with van der Waals surface area (Å²) in [7, 11) is 0. The van der Waals surface area contributed by atoms with Crippen molar-refractivity contribution in [3.05, 3.63) is 26.7 Å². The smallest absolute Gasteiger partial charge is 0.332 e. The van der Waals surface area contributed by atoms with Gasteiger partial charge >= 0.3 is 5.69 Å². The van der Waals surface area contributed by atoms with Crippen LogP contribution in [0, 0.1) is 17.7 Å². The number of nitrogens with one attached hydrogen (secondary N) is 1. The molecule has 0 radical (unpaired) electrons. The van der Waals surface area contributed by atoms with Crippen LogP contribution in [0.3, 0.4) is 0 Å². The van der Waals surface area contributed by atoms with Gasteiger partial charge in [-0.2, -0.15) is 0 Å². The lowest BCUT2D eigenvalue weighted by molar-refractivity contribution is 0.0863. The minimum absolute atomic E-state index is 0.369. The largest absolute Gasteiger partial charge is 0.336 e. The molecule has 0 aliphatic heterocycles. The highest BCUT2D eigenvalue weighted by atomic mass is 16.2. The lowest BCUT2D eigenvalue weighted by atomic mass is 9.59. The molecule has 6 nitrogen and oxygen atoms in total. The van der Waals surface area contributed by atoms with Crippen molar-refractivity contribution in [2.24, 2.45) is 17.7 Å². The molecule has 154 valence electrons. The SMILES string of the molecule is [2H]C([2H])C1([2H])C([2H])([2H])C2([2H])C([2H])([2H])C(C)(c3nc4c([nH]3)c(=O)n(C([2H])([2H])C([2H])([2H])C([2H])([2H])[2H])c(=O)n4C([2H])([2H])CC([2H])([2H])[2H])C([2H])([2H])C([2H])(C1([2H])[2H])C2([2H])[2H]. The second kappa shape index (κ2) is 7.20. The Hall–Kier alpha value is -1.85. The van der Waals surface area contributed by atoms with Gasteiger partial charge in [0.1, 0.15) is 11.3 Å². The van der Waals surface area contributed by atoms with Crippen LogP contribution in [0.5, 0.6) is 0 Å². The summed E-state index contributed by atoms with van der Waals surface area (Å²) in [4.78, 5) is 33.7. The van der Waals surface area contributed by atoms with Crippen LogP contribution in [0.1, 0.15) is 115 Å². The summed E-state index contributed by atoms with van der Waals surface area (Å²) < 4.78 is 226. The molecule has 2 aromatic heterocycles. The lowest BCUT2D eigenvalue weighted by Gasteiger charge is -2.46. The van der Waals surface area contributed by atoms with E-state index in [4.69, 9.17) is 34.3 Å². The molecule has 0 spiro atoms. The number of aryl methyl sites for hydroxylation is 1. The molecule has 2 aromatic rings. The Labute approximate surface area is 204 Å². The summed E-state index contributed by atoms with van der Waals surface area (Å²) in [5.74, 6) is -14.3. The Bertz CT molecular complexity index is 1970. The number of imidazole rings is 1. The molecule has 6 heteroatoms. The second-order valence-corrected chi connectivity index (χ2v) is 6.03. The van der Waals surface area contributed by atoms with Crippen LogP contribution >= 0.6 is 0 Å². The zero-order valence-corrected chi connectivity index (χ0v) is 14.4. The fourth-order valence-electron chi connectivity index (χ4n) is 2.94. The van der Waals surface area contributed by atoms with Crippen molar-refractivity contribution >= 4 is 11.2 Å². The Balaban J connectivity index is 2.34. The standard InChI is InChI=1S/C22H34N4O2/c1-5-7-25-18-17(19(27)26(8-6-2)21(25)28)23-20(24-18)22(4)12-15-9-14(3)10-16(11-15)13-22/h14-16H,5-13H2,1-4H3,(H,23,24)/i1D3,2D3,3D2,6D2,7D2,8D2,9D2,10D2,11D2,12D2,13D2,14D,15D,16D. The van der Waals surface area contributed by atoms with Gasteiger partial charge < -0.3 is 4.98 Å². The molecule has 2 aliphatic rings. The quantitative estimate of drug-likeness (QED) is 0.810. The van der Waals surface area contributed by atoms with Gasteiger partial charge in [-0.25, -0.2) is 9.78 Å². The van der Waals surface area contributed by atoms with Crippen molar-refractivity contribution < 1.29 is 37.0 Å². The van der Waals surface area contributed by atoms with Crippen LogP contribution in [-0.4, -0.2) is 19.1 Å². The van der Waals surface area contributed by atoms with E-state index in [-0.39, 0.29) is 4.57 Å². The van der Waals surface area contributed by atoms with Gasteiger partial charge in [0.25, 0.3) is 5.56 Å². The number of H-pyrrole nitrogens is 1. The molecule has 0 aromatic carbocycles. The summed E-state index contributed by atoms with van der Waals surface area (Å²) in [6.45, 7) is -17.9. The van der Waals surface area contributed by atoms with E-state index in [1.165, 1.54) is 0 Å². The van der Waals surface area contributed by atoms with Gasteiger partial charge in [-0.3, -0.25) is 13.9 Å². The normalized spacial score (nSPS) is 63.7. The minimum Gasteiger partial charge on any atom is -0.336 e. The van der Waals surface area contributed by atoms with Gasteiger partial charge in [-0.05, 0) is 62.3 Å². The maximum Gasteiger partial charge on any atom is 0.332 e. The van der Waals surface area contributed by atoms with E-state index < -0.39 is 134 Å². The Morgan fingerprint density at radius 3 is 2.71 bits per heavy atom. The molecule has 0 saturated heterocycles. The average molecular weight is 414 g/mol. The molecular formula is C22H34N4O2. The van der Waals surface area contributed by atoms with E-state index in [1.807, 2.05) is 4.98 Å². The summed E-state index contributed by atoms with van der Waals surface area (Å²) >= 11 is 0. The number of aromatic nitrogens is 4. The number of hydrogen-bond donors (Lipinski definition) is 1. The van der Waals surface area contributed by atoms with E-state index in [0.717, 1.165) is 0 Å². The van der Waals surface area contributed by atoms with Crippen LogP contribution in [0.4, 0.5) is 0 Å². The fourth-order valence-corrected chi connectivity index (χ4v) is 2.94. The van der Waals surface area contributed by atoms with Crippen molar-refractivity contribution in [1.29, 1.82) is 0 Å². The molecule has 2 bridgehead atoms. The molecule has 2 heterocycles. The predicted octanol–water partition coefficient (Wildman–Crippen LogP) is 3.81. The Morgan fingerprint density at radius 1 is 1.25 bits per heavy atom. The number of hydrogen-bond acceptors (Lipinski definition) is 3. The van der Waals surface area contributed by atoms with Gasteiger partial charge in [-0.1, -0.05) is 27.5 Å². The van der Waals surface area contributed by atoms with Crippen LogP contribution in [0.15, 0.2) is 9.59 Å². The molecule has 2 unspecified atom stereocenters. The van der Waals surface area contributed by atoms with Gasteiger partial charge in [0, 0.05) is 52.7 Å². The van der Waals surface area contributed by atoms with Crippen LogP contribution in [0.2, 0.25) is 0 Å². The first-order valence-electron chi connectivity index (χ1n) is 21.6. The van der Waals surface area contributed by atoms with E-state index in [1.54, 1.807) is 0 Å². The molecule has 28 heavy (non-hydrogen) atoms.